The highest BCUT2D eigenvalue weighted by Gasteiger charge is 2.20. The highest BCUT2D eigenvalue weighted by molar-refractivity contribution is 7.99. The van der Waals surface area contributed by atoms with Crippen molar-refractivity contribution in [2.75, 3.05) is 29.9 Å². The molecule has 1 fully saturated rings. The Kier molecular flexibility index (Phi) is 5.07. The zero-order valence-electron chi connectivity index (χ0n) is 15.7. The number of hydrogen-bond acceptors (Lipinski definition) is 4. The van der Waals surface area contributed by atoms with Crippen LogP contribution in [-0.2, 0) is 0 Å². The van der Waals surface area contributed by atoms with Crippen LogP contribution in [0.15, 0.2) is 48.5 Å². The molecule has 140 valence electrons. The minimum absolute atomic E-state index is 0.105. The summed E-state index contributed by atoms with van der Waals surface area (Å²) in [5.41, 5.74) is 3.60. The van der Waals surface area contributed by atoms with E-state index in [0.29, 0.717) is 5.56 Å². The summed E-state index contributed by atoms with van der Waals surface area (Å²) in [4.78, 5) is 19.6. The number of nitrogens with one attached hydrogen (secondary N) is 1. The SMILES string of the molecule is CC(C)n1c(Nc2ccccc2)nc2cc(C(=O)N3CCSCC3)ccc21. The first-order chi connectivity index (χ1) is 13.1. The number of hydrogen-bond donors (Lipinski definition) is 1. The summed E-state index contributed by atoms with van der Waals surface area (Å²) in [5, 5.41) is 3.41. The second-order valence-electron chi connectivity index (χ2n) is 7.00. The Morgan fingerprint density at radius 2 is 1.85 bits per heavy atom. The van der Waals surface area contributed by atoms with Crippen molar-refractivity contribution in [2.45, 2.75) is 19.9 Å². The van der Waals surface area contributed by atoms with Crippen LogP contribution in [0.5, 0.6) is 0 Å². The van der Waals surface area contributed by atoms with Gasteiger partial charge in [0.2, 0.25) is 5.95 Å². The van der Waals surface area contributed by atoms with Crippen molar-refractivity contribution in [3.05, 3.63) is 54.1 Å². The number of anilines is 2. The molecule has 0 radical (unpaired) electrons. The first-order valence-electron chi connectivity index (χ1n) is 9.34. The van der Waals surface area contributed by atoms with Gasteiger partial charge in [-0.2, -0.15) is 11.8 Å². The maximum Gasteiger partial charge on any atom is 0.253 e. The smallest absolute Gasteiger partial charge is 0.253 e. The van der Waals surface area contributed by atoms with Crippen LogP contribution in [-0.4, -0.2) is 45.0 Å². The van der Waals surface area contributed by atoms with E-state index in [9.17, 15) is 4.79 Å². The number of imidazole rings is 1. The van der Waals surface area contributed by atoms with Gasteiger partial charge < -0.3 is 14.8 Å². The average Bonchev–Trinajstić information content (AvgIpc) is 3.06. The van der Waals surface area contributed by atoms with Crippen LogP contribution in [0.25, 0.3) is 11.0 Å². The van der Waals surface area contributed by atoms with E-state index >= 15 is 0 Å². The van der Waals surface area contributed by atoms with Crippen LogP contribution < -0.4 is 5.32 Å². The highest BCUT2D eigenvalue weighted by Crippen LogP contribution is 2.28. The fraction of sp³-hybridized carbons (Fsp3) is 0.333. The summed E-state index contributed by atoms with van der Waals surface area (Å²) < 4.78 is 2.17. The maximum atomic E-state index is 12.8. The van der Waals surface area contributed by atoms with E-state index in [1.807, 2.05) is 65.2 Å². The topological polar surface area (TPSA) is 50.2 Å². The summed E-state index contributed by atoms with van der Waals surface area (Å²) in [6.45, 7) is 5.93. The standard InChI is InChI=1S/C21H24N4OS/c1-15(2)25-19-9-8-16(20(26)24-10-12-27-13-11-24)14-18(19)23-21(25)22-17-6-4-3-5-7-17/h3-9,14-15H,10-13H2,1-2H3,(H,22,23). The Labute approximate surface area is 163 Å². The number of rotatable bonds is 4. The molecule has 27 heavy (non-hydrogen) atoms. The van der Waals surface area contributed by atoms with Gasteiger partial charge in [0.05, 0.1) is 11.0 Å². The molecule has 0 aliphatic carbocycles. The van der Waals surface area contributed by atoms with Crippen molar-refractivity contribution in [1.82, 2.24) is 14.5 Å². The molecule has 1 saturated heterocycles. The Balaban J connectivity index is 1.70. The summed E-state index contributed by atoms with van der Waals surface area (Å²) in [7, 11) is 0. The number of carbonyl (C=O) groups is 1. The van der Waals surface area contributed by atoms with Crippen LogP contribution in [0.4, 0.5) is 11.6 Å². The lowest BCUT2D eigenvalue weighted by Crippen LogP contribution is -2.37. The molecule has 0 saturated carbocycles. The molecule has 1 amide bonds. The van der Waals surface area contributed by atoms with Crippen molar-refractivity contribution in [3.8, 4) is 0 Å². The summed E-state index contributed by atoms with van der Waals surface area (Å²) in [6, 6.07) is 16.2. The molecule has 2 aromatic carbocycles. The van der Waals surface area contributed by atoms with Crippen molar-refractivity contribution < 1.29 is 4.79 Å². The minimum atomic E-state index is 0.105. The molecule has 1 aliphatic rings. The molecular formula is C21H24N4OS. The summed E-state index contributed by atoms with van der Waals surface area (Å²) in [6.07, 6.45) is 0. The number of fused-ring (bicyclic) bond motifs is 1. The van der Waals surface area contributed by atoms with Crippen molar-refractivity contribution in [3.63, 3.8) is 0 Å². The van der Waals surface area contributed by atoms with Gasteiger partial charge in [0, 0.05) is 41.9 Å². The van der Waals surface area contributed by atoms with E-state index in [4.69, 9.17) is 4.98 Å². The minimum Gasteiger partial charge on any atom is -0.337 e. The normalized spacial score (nSPS) is 14.7. The third-order valence-corrected chi connectivity index (χ3v) is 5.72. The second-order valence-corrected chi connectivity index (χ2v) is 8.22. The van der Waals surface area contributed by atoms with Gasteiger partial charge in [-0.05, 0) is 44.2 Å². The third kappa shape index (κ3) is 3.67. The zero-order chi connectivity index (χ0) is 18.8. The lowest BCUT2D eigenvalue weighted by molar-refractivity contribution is 0.0772. The summed E-state index contributed by atoms with van der Waals surface area (Å²) in [5.74, 6) is 2.93. The molecule has 0 bridgehead atoms. The molecule has 0 atom stereocenters. The van der Waals surface area contributed by atoms with Crippen LogP contribution >= 0.6 is 11.8 Å². The summed E-state index contributed by atoms with van der Waals surface area (Å²) >= 11 is 1.91. The number of benzene rings is 2. The van der Waals surface area contributed by atoms with Crippen LogP contribution in [0.2, 0.25) is 0 Å². The predicted molar refractivity (Wildman–Crippen MR) is 113 cm³/mol. The fourth-order valence-electron chi connectivity index (χ4n) is 3.44. The molecule has 1 aliphatic heterocycles. The fourth-order valence-corrected chi connectivity index (χ4v) is 4.35. The number of amides is 1. The molecular weight excluding hydrogens is 356 g/mol. The molecule has 0 unspecified atom stereocenters. The highest BCUT2D eigenvalue weighted by atomic mass is 32.2. The molecule has 1 aromatic heterocycles. The van der Waals surface area contributed by atoms with Crippen molar-refractivity contribution in [1.29, 1.82) is 0 Å². The Morgan fingerprint density at radius 3 is 2.56 bits per heavy atom. The van der Waals surface area contributed by atoms with Gasteiger partial charge in [-0.3, -0.25) is 4.79 Å². The zero-order valence-corrected chi connectivity index (χ0v) is 16.5. The molecule has 4 rings (SSSR count). The first kappa shape index (κ1) is 17.9. The quantitative estimate of drug-likeness (QED) is 0.721. The van der Waals surface area contributed by atoms with Gasteiger partial charge in [0.25, 0.3) is 5.91 Å². The number of aromatic nitrogens is 2. The lowest BCUT2D eigenvalue weighted by Gasteiger charge is -2.26. The number of para-hydroxylation sites is 1. The maximum absolute atomic E-state index is 12.8. The van der Waals surface area contributed by atoms with E-state index in [-0.39, 0.29) is 11.9 Å². The van der Waals surface area contributed by atoms with Crippen molar-refractivity contribution in [2.24, 2.45) is 0 Å². The molecule has 3 aromatic rings. The predicted octanol–water partition coefficient (Wildman–Crippen LogP) is 4.55. The van der Waals surface area contributed by atoms with Crippen LogP contribution in [0.3, 0.4) is 0 Å². The van der Waals surface area contributed by atoms with E-state index in [2.05, 4.69) is 23.7 Å². The third-order valence-electron chi connectivity index (χ3n) is 4.78. The molecule has 1 N–H and O–H groups in total. The molecule has 2 heterocycles. The number of nitrogens with zero attached hydrogens (tertiary/aromatic N) is 3. The Hall–Kier alpha value is -2.47. The first-order valence-corrected chi connectivity index (χ1v) is 10.5. The van der Waals surface area contributed by atoms with Gasteiger partial charge in [0.1, 0.15) is 0 Å². The molecule has 6 heteroatoms. The van der Waals surface area contributed by atoms with Gasteiger partial charge >= 0.3 is 0 Å². The lowest BCUT2D eigenvalue weighted by atomic mass is 10.1. The molecule has 0 spiro atoms. The van der Waals surface area contributed by atoms with E-state index in [1.54, 1.807) is 0 Å². The number of thioether (sulfide) groups is 1. The van der Waals surface area contributed by atoms with Gasteiger partial charge in [-0.25, -0.2) is 4.98 Å². The number of carbonyl (C=O) groups excluding carboxylic acids is 1. The monoisotopic (exact) mass is 380 g/mol. The Bertz CT molecular complexity index is 945. The van der Waals surface area contributed by atoms with E-state index in [1.165, 1.54) is 0 Å². The largest absolute Gasteiger partial charge is 0.337 e. The average molecular weight is 381 g/mol. The van der Waals surface area contributed by atoms with Crippen molar-refractivity contribution >= 4 is 40.3 Å². The van der Waals surface area contributed by atoms with Gasteiger partial charge in [-0.15, -0.1) is 0 Å². The molecule has 5 nitrogen and oxygen atoms in total. The van der Waals surface area contributed by atoms with Gasteiger partial charge in [-0.1, -0.05) is 18.2 Å². The van der Waals surface area contributed by atoms with Gasteiger partial charge in [0.15, 0.2) is 0 Å². The van der Waals surface area contributed by atoms with E-state index < -0.39 is 0 Å². The second kappa shape index (κ2) is 7.64. The Morgan fingerprint density at radius 1 is 1.11 bits per heavy atom. The van der Waals surface area contributed by atoms with Crippen LogP contribution in [0, 0.1) is 0 Å². The van der Waals surface area contributed by atoms with Crippen LogP contribution in [0.1, 0.15) is 30.2 Å². The van der Waals surface area contributed by atoms with E-state index in [0.717, 1.165) is 47.3 Å².